The van der Waals surface area contributed by atoms with Gasteiger partial charge in [-0.3, -0.25) is 0 Å². The van der Waals surface area contributed by atoms with Gasteiger partial charge in [0, 0.05) is 6.42 Å². The van der Waals surface area contributed by atoms with Crippen LogP contribution in [0.15, 0.2) is 22.7 Å². The van der Waals surface area contributed by atoms with Gasteiger partial charge in [-0.2, -0.15) is 4.98 Å². The number of aromatic nitrogens is 2. The van der Waals surface area contributed by atoms with Crippen molar-refractivity contribution in [2.45, 2.75) is 20.3 Å². The predicted molar refractivity (Wildman–Crippen MR) is 58.0 cm³/mol. The molecule has 3 nitrogen and oxygen atoms in total. The summed E-state index contributed by atoms with van der Waals surface area (Å²) < 4.78 is 4.69. The Kier molecular flexibility index (Phi) is 2.73. The molecule has 1 aromatic carbocycles. The van der Waals surface area contributed by atoms with Crippen molar-refractivity contribution < 1.29 is 4.52 Å². The fourth-order valence-electron chi connectivity index (χ4n) is 1.40. The van der Waals surface area contributed by atoms with Crippen LogP contribution in [0.3, 0.4) is 0 Å². The van der Waals surface area contributed by atoms with Gasteiger partial charge in [0.1, 0.15) is 0 Å². The lowest BCUT2D eigenvalue weighted by Gasteiger charge is -2.02. The smallest absolute Gasteiger partial charge is 0.320 e. The molecule has 0 bridgehead atoms. The molecular formula is C11H11ClN2O. The van der Waals surface area contributed by atoms with Crippen molar-refractivity contribution in [2.75, 3.05) is 0 Å². The number of nitrogens with zero attached hydrogens (tertiary/aromatic N) is 2. The van der Waals surface area contributed by atoms with Crippen LogP contribution in [-0.4, -0.2) is 10.1 Å². The zero-order valence-corrected chi connectivity index (χ0v) is 9.38. The minimum absolute atomic E-state index is 0.0915. The predicted octanol–water partition coefficient (Wildman–Crippen LogP) is 2.93. The van der Waals surface area contributed by atoms with E-state index in [-0.39, 0.29) is 5.35 Å². The summed E-state index contributed by atoms with van der Waals surface area (Å²) in [4.78, 5) is 3.95. The van der Waals surface area contributed by atoms with Crippen molar-refractivity contribution >= 4 is 11.6 Å². The fraction of sp³-hybridized carbons (Fsp3) is 0.273. The SMILES string of the molecule is Cc1ccc(Cc2noc(Cl)n2)cc1C. The van der Waals surface area contributed by atoms with Gasteiger partial charge in [-0.25, -0.2) is 0 Å². The average molecular weight is 223 g/mol. The number of aryl methyl sites for hydroxylation is 2. The molecule has 0 radical (unpaired) electrons. The second-order valence-electron chi connectivity index (χ2n) is 3.56. The van der Waals surface area contributed by atoms with E-state index in [1.807, 2.05) is 0 Å². The van der Waals surface area contributed by atoms with Crippen LogP contribution in [0.1, 0.15) is 22.5 Å². The number of hydrogen-bond acceptors (Lipinski definition) is 3. The van der Waals surface area contributed by atoms with E-state index in [2.05, 4.69) is 42.2 Å². The van der Waals surface area contributed by atoms with Crippen LogP contribution in [0, 0.1) is 13.8 Å². The minimum atomic E-state index is 0.0915. The Bertz CT molecular complexity index is 479. The van der Waals surface area contributed by atoms with Gasteiger partial charge in [0.2, 0.25) is 0 Å². The molecule has 15 heavy (non-hydrogen) atoms. The average Bonchev–Trinajstić information content (AvgIpc) is 2.58. The molecule has 78 valence electrons. The number of benzene rings is 1. The third-order valence-electron chi connectivity index (χ3n) is 2.38. The molecule has 0 aliphatic heterocycles. The minimum Gasteiger partial charge on any atom is -0.321 e. The lowest BCUT2D eigenvalue weighted by molar-refractivity contribution is 0.413. The van der Waals surface area contributed by atoms with Crippen LogP contribution in [0.5, 0.6) is 0 Å². The van der Waals surface area contributed by atoms with Crippen molar-refractivity contribution in [3.8, 4) is 0 Å². The second kappa shape index (κ2) is 4.03. The van der Waals surface area contributed by atoms with E-state index in [4.69, 9.17) is 16.1 Å². The molecule has 2 rings (SSSR count). The van der Waals surface area contributed by atoms with Gasteiger partial charge in [-0.05, 0) is 42.1 Å². The first-order valence-corrected chi connectivity index (χ1v) is 5.07. The molecule has 4 heteroatoms. The fourth-order valence-corrected chi connectivity index (χ4v) is 1.53. The van der Waals surface area contributed by atoms with Crippen molar-refractivity contribution in [3.63, 3.8) is 0 Å². The molecule has 0 N–H and O–H groups in total. The lowest BCUT2D eigenvalue weighted by atomic mass is 10.0. The van der Waals surface area contributed by atoms with Crippen molar-refractivity contribution in [1.82, 2.24) is 10.1 Å². The number of rotatable bonds is 2. The number of hydrogen-bond donors (Lipinski definition) is 0. The van der Waals surface area contributed by atoms with E-state index in [9.17, 15) is 0 Å². The van der Waals surface area contributed by atoms with Crippen molar-refractivity contribution in [1.29, 1.82) is 0 Å². The van der Waals surface area contributed by atoms with Crippen molar-refractivity contribution in [3.05, 3.63) is 46.1 Å². The summed E-state index contributed by atoms with van der Waals surface area (Å²) in [6, 6.07) is 6.28. The zero-order valence-electron chi connectivity index (χ0n) is 8.62. The van der Waals surface area contributed by atoms with Gasteiger partial charge in [0.05, 0.1) is 0 Å². The van der Waals surface area contributed by atoms with Gasteiger partial charge in [-0.1, -0.05) is 23.4 Å². The van der Waals surface area contributed by atoms with E-state index in [0.29, 0.717) is 12.2 Å². The lowest BCUT2D eigenvalue weighted by Crippen LogP contribution is -1.92. The van der Waals surface area contributed by atoms with E-state index in [1.165, 1.54) is 11.1 Å². The Morgan fingerprint density at radius 3 is 2.67 bits per heavy atom. The normalized spacial score (nSPS) is 10.6. The second-order valence-corrected chi connectivity index (χ2v) is 3.88. The van der Waals surface area contributed by atoms with Crippen LogP contribution in [-0.2, 0) is 6.42 Å². The third-order valence-corrected chi connectivity index (χ3v) is 2.53. The van der Waals surface area contributed by atoms with Gasteiger partial charge >= 0.3 is 5.35 Å². The van der Waals surface area contributed by atoms with Crippen LogP contribution >= 0.6 is 11.6 Å². The Morgan fingerprint density at radius 2 is 2.07 bits per heavy atom. The van der Waals surface area contributed by atoms with E-state index in [1.54, 1.807) is 0 Å². The van der Waals surface area contributed by atoms with E-state index < -0.39 is 0 Å². The van der Waals surface area contributed by atoms with Gasteiger partial charge in [0.25, 0.3) is 0 Å². The first kappa shape index (κ1) is 10.2. The van der Waals surface area contributed by atoms with Crippen LogP contribution in [0.2, 0.25) is 5.35 Å². The summed E-state index contributed by atoms with van der Waals surface area (Å²) in [6.07, 6.45) is 0.650. The summed E-state index contributed by atoms with van der Waals surface area (Å²) in [5.74, 6) is 0.614. The summed E-state index contributed by atoms with van der Waals surface area (Å²) in [7, 11) is 0. The Morgan fingerprint density at radius 1 is 1.27 bits per heavy atom. The molecule has 0 amide bonds. The molecular weight excluding hydrogens is 212 g/mol. The van der Waals surface area contributed by atoms with E-state index >= 15 is 0 Å². The highest BCUT2D eigenvalue weighted by molar-refractivity contribution is 6.27. The summed E-state index contributed by atoms with van der Waals surface area (Å²) >= 11 is 5.54. The molecule has 2 aromatic rings. The third kappa shape index (κ3) is 2.36. The molecule has 0 unspecified atom stereocenters. The molecule has 0 saturated heterocycles. The zero-order chi connectivity index (χ0) is 10.8. The molecule has 0 aliphatic rings. The van der Waals surface area contributed by atoms with Crippen LogP contribution in [0.4, 0.5) is 0 Å². The highest BCUT2D eigenvalue weighted by Gasteiger charge is 2.05. The maximum atomic E-state index is 5.54. The standard InChI is InChI=1S/C11H11ClN2O/c1-7-3-4-9(5-8(7)2)6-10-13-11(12)15-14-10/h3-5H,6H2,1-2H3. The Balaban J connectivity index is 2.21. The highest BCUT2D eigenvalue weighted by atomic mass is 35.5. The Hall–Kier alpha value is -1.35. The number of halogens is 1. The maximum Gasteiger partial charge on any atom is 0.320 e. The summed E-state index contributed by atoms with van der Waals surface area (Å²) in [5, 5.41) is 3.84. The van der Waals surface area contributed by atoms with Crippen molar-refractivity contribution in [2.24, 2.45) is 0 Å². The first-order valence-electron chi connectivity index (χ1n) is 4.69. The maximum absolute atomic E-state index is 5.54. The van der Waals surface area contributed by atoms with Gasteiger partial charge < -0.3 is 4.52 Å². The van der Waals surface area contributed by atoms with Gasteiger partial charge in [-0.15, -0.1) is 0 Å². The molecule has 0 aliphatic carbocycles. The Labute approximate surface area is 93.1 Å². The quantitative estimate of drug-likeness (QED) is 0.784. The first-order chi connectivity index (χ1) is 7.15. The monoisotopic (exact) mass is 222 g/mol. The van der Waals surface area contributed by atoms with Gasteiger partial charge in [0.15, 0.2) is 5.82 Å². The van der Waals surface area contributed by atoms with Crippen LogP contribution < -0.4 is 0 Å². The summed E-state index contributed by atoms with van der Waals surface area (Å²) in [5.41, 5.74) is 3.71. The molecule has 0 atom stereocenters. The molecule has 1 aromatic heterocycles. The van der Waals surface area contributed by atoms with Crippen LogP contribution in [0.25, 0.3) is 0 Å². The van der Waals surface area contributed by atoms with E-state index in [0.717, 1.165) is 5.56 Å². The molecule has 0 spiro atoms. The molecule has 1 heterocycles. The highest BCUT2D eigenvalue weighted by Crippen LogP contribution is 2.13. The topological polar surface area (TPSA) is 38.9 Å². The summed E-state index contributed by atoms with van der Waals surface area (Å²) in [6.45, 7) is 4.17. The molecule has 0 saturated carbocycles. The molecule has 0 fully saturated rings. The largest absolute Gasteiger partial charge is 0.321 e.